The van der Waals surface area contributed by atoms with E-state index in [1.807, 2.05) is 25.2 Å². The Balaban J connectivity index is 1.55. The summed E-state index contributed by atoms with van der Waals surface area (Å²) in [5.41, 5.74) is 2.47. The second kappa shape index (κ2) is 10.8. The van der Waals surface area contributed by atoms with Crippen LogP contribution in [0.3, 0.4) is 0 Å². The number of aromatic nitrogens is 6. The lowest BCUT2D eigenvalue weighted by Crippen LogP contribution is -2.43. The van der Waals surface area contributed by atoms with Gasteiger partial charge in [-0.25, -0.2) is 14.8 Å². The van der Waals surface area contributed by atoms with Gasteiger partial charge >= 0.3 is 5.76 Å². The Morgan fingerprint density at radius 3 is 2.65 bits per heavy atom. The lowest BCUT2D eigenvalue weighted by molar-refractivity contribution is -0.122. The highest BCUT2D eigenvalue weighted by atomic mass is 35.5. The Labute approximate surface area is 236 Å². The summed E-state index contributed by atoms with van der Waals surface area (Å²) in [7, 11) is 3.78. The quantitative estimate of drug-likeness (QED) is 0.366. The Morgan fingerprint density at radius 2 is 1.98 bits per heavy atom. The highest BCUT2D eigenvalue weighted by molar-refractivity contribution is 6.30. The third-order valence-corrected chi connectivity index (χ3v) is 8.58. The van der Waals surface area contributed by atoms with Crippen molar-refractivity contribution in [2.75, 3.05) is 25.5 Å². The predicted octanol–water partition coefficient (Wildman–Crippen LogP) is 4.37. The molecule has 1 atom stereocenters. The first-order valence-electron chi connectivity index (χ1n) is 13.9. The van der Waals surface area contributed by atoms with Crippen LogP contribution in [0, 0.1) is 11.8 Å². The number of hydrogen-bond donors (Lipinski definition) is 1. The molecule has 1 N–H and O–H groups in total. The van der Waals surface area contributed by atoms with Crippen LogP contribution in [0.2, 0.25) is 5.02 Å². The zero-order valence-corrected chi connectivity index (χ0v) is 23.7. The molecule has 1 aromatic carbocycles. The monoisotopic (exact) mass is 564 g/mol. The summed E-state index contributed by atoms with van der Waals surface area (Å²) in [5.74, 6) is 1.25. The first-order chi connectivity index (χ1) is 19.3. The van der Waals surface area contributed by atoms with E-state index in [2.05, 4.69) is 26.5 Å². The Morgan fingerprint density at radius 1 is 1.18 bits per heavy atom. The Kier molecular flexibility index (Phi) is 7.18. The summed E-state index contributed by atoms with van der Waals surface area (Å²) >= 11 is 6.40. The molecule has 6 rings (SSSR count). The molecular formula is C28H33ClN8O3. The van der Waals surface area contributed by atoms with Gasteiger partial charge in [-0.3, -0.25) is 24.1 Å². The van der Waals surface area contributed by atoms with Gasteiger partial charge in [0.25, 0.3) is 0 Å². The van der Waals surface area contributed by atoms with E-state index < -0.39 is 5.76 Å². The number of fused-ring (bicyclic) bond motifs is 1. The van der Waals surface area contributed by atoms with Crippen molar-refractivity contribution in [3.8, 4) is 22.9 Å². The molecular weight excluding hydrogens is 532 g/mol. The number of nitrogens with zero attached hydrogens (tertiary/aromatic N) is 7. The number of likely N-dealkylation sites (N-methyl/N-ethyl adjacent to an activating group) is 2. The van der Waals surface area contributed by atoms with Gasteiger partial charge in [0.1, 0.15) is 11.2 Å². The van der Waals surface area contributed by atoms with E-state index in [4.69, 9.17) is 31.1 Å². The van der Waals surface area contributed by atoms with Crippen molar-refractivity contribution in [1.82, 2.24) is 34.6 Å². The number of H-pyrrole nitrogens is 1. The number of hydrogen-bond acceptors (Lipinski definition) is 8. The van der Waals surface area contributed by atoms with E-state index >= 15 is 0 Å². The Hall–Kier alpha value is -3.57. The minimum atomic E-state index is -0.702. The molecule has 0 spiro atoms. The number of carbonyl (C=O) groups is 1. The van der Waals surface area contributed by atoms with E-state index in [1.165, 1.54) is 12.8 Å². The maximum absolute atomic E-state index is 13.7. The van der Waals surface area contributed by atoms with Crippen LogP contribution in [0.5, 0.6) is 0 Å². The van der Waals surface area contributed by atoms with Gasteiger partial charge in [-0.15, -0.1) is 0 Å². The third-order valence-electron chi connectivity index (χ3n) is 8.35. The molecule has 12 heteroatoms. The van der Waals surface area contributed by atoms with Gasteiger partial charge in [0.15, 0.2) is 5.65 Å². The maximum atomic E-state index is 13.7. The van der Waals surface area contributed by atoms with Gasteiger partial charge in [0.05, 0.1) is 6.04 Å². The first-order valence-corrected chi connectivity index (χ1v) is 14.2. The number of imidazole rings is 1. The molecule has 0 bridgehead atoms. The fraction of sp³-hybridized carbons (Fsp3) is 0.500. The molecule has 4 heterocycles. The van der Waals surface area contributed by atoms with E-state index in [-0.39, 0.29) is 23.6 Å². The fourth-order valence-corrected chi connectivity index (χ4v) is 6.23. The topological polar surface area (TPSA) is 126 Å². The number of likely N-dealkylation sites (tertiary alicyclic amines) is 1. The average molecular weight is 565 g/mol. The van der Waals surface area contributed by atoms with Crippen LogP contribution in [0.25, 0.3) is 34.1 Å². The van der Waals surface area contributed by atoms with Crippen LogP contribution < -0.4 is 10.7 Å². The predicted molar refractivity (Wildman–Crippen MR) is 152 cm³/mol. The number of benzene rings is 1. The number of amides is 1. The number of aromatic amines is 1. The molecule has 40 heavy (non-hydrogen) atoms. The van der Waals surface area contributed by atoms with Crippen LogP contribution >= 0.6 is 11.6 Å². The lowest BCUT2D eigenvalue weighted by Gasteiger charge is -2.29. The molecule has 2 aliphatic rings. The average Bonchev–Trinajstić information content (AvgIpc) is 3.67. The zero-order valence-electron chi connectivity index (χ0n) is 22.9. The molecule has 1 aliphatic carbocycles. The molecule has 210 valence electrons. The highest BCUT2D eigenvalue weighted by Crippen LogP contribution is 2.36. The van der Waals surface area contributed by atoms with Gasteiger partial charge in [-0.05, 0) is 63.2 Å². The summed E-state index contributed by atoms with van der Waals surface area (Å²) in [6.45, 7) is 3.89. The largest absolute Gasteiger partial charge is 0.439 e. The van der Waals surface area contributed by atoms with Crippen LogP contribution in [0.15, 0.2) is 33.6 Å². The zero-order chi connectivity index (χ0) is 28.0. The number of nitrogens with one attached hydrogen (secondary N) is 1. The smallest absolute Gasteiger partial charge is 0.306 e. The molecule has 1 saturated carbocycles. The minimum Gasteiger partial charge on any atom is -0.306 e. The van der Waals surface area contributed by atoms with Crippen LogP contribution in [-0.4, -0.2) is 67.1 Å². The molecule has 1 saturated heterocycles. The summed E-state index contributed by atoms with van der Waals surface area (Å²) in [5, 5.41) is 4.36. The van der Waals surface area contributed by atoms with Crippen molar-refractivity contribution in [3.05, 3.63) is 39.8 Å². The molecule has 11 nitrogen and oxygen atoms in total. The first kappa shape index (κ1) is 26.6. The van der Waals surface area contributed by atoms with E-state index in [0.717, 1.165) is 43.7 Å². The number of rotatable bonds is 6. The lowest BCUT2D eigenvalue weighted by atomic mass is 9.83. The normalized spacial score (nSPS) is 21.8. The molecule has 1 amide bonds. The molecule has 0 unspecified atom stereocenters. The minimum absolute atomic E-state index is 0.00661. The van der Waals surface area contributed by atoms with Crippen LogP contribution in [0.4, 0.5) is 5.95 Å². The van der Waals surface area contributed by atoms with E-state index in [0.29, 0.717) is 40.3 Å². The van der Waals surface area contributed by atoms with Gasteiger partial charge in [0.2, 0.25) is 23.5 Å². The fourth-order valence-electron chi connectivity index (χ4n) is 6.04. The third kappa shape index (κ3) is 5.03. The second-order valence-corrected chi connectivity index (χ2v) is 11.6. The van der Waals surface area contributed by atoms with Crippen molar-refractivity contribution in [3.63, 3.8) is 0 Å². The summed E-state index contributed by atoms with van der Waals surface area (Å²) in [6.07, 6.45) is 6.37. The second-order valence-electron chi connectivity index (χ2n) is 11.2. The molecule has 2 fully saturated rings. The number of carbonyl (C=O) groups excluding carboxylic acids is 1. The van der Waals surface area contributed by atoms with Crippen molar-refractivity contribution in [2.24, 2.45) is 11.8 Å². The van der Waals surface area contributed by atoms with Crippen LogP contribution in [-0.2, 0) is 11.3 Å². The maximum Gasteiger partial charge on any atom is 0.439 e. The van der Waals surface area contributed by atoms with Crippen molar-refractivity contribution < 1.29 is 9.32 Å². The van der Waals surface area contributed by atoms with E-state index in [1.54, 1.807) is 18.0 Å². The van der Waals surface area contributed by atoms with Gasteiger partial charge < -0.3 is 4.57 Å². The van der Waals surface area contributed by atoms with Gasteiger partial charge in [-0.1, -0.05) is 48.7 Å². The molecule has 1 aliphatic heterocycles. The van der Waals surface area contributed by atoms with Crippen molar-refractivity contribution in [2.45, 2.75) is 58.0 Å². The SMILES string of the molecule is CC1CCC(Cn2c(N(C)C(=O)[C@@H]3CCCN3C)nc3nc(-c4noc(=O)[nH]4)nc(-c4cccc(Cl)c4)c32)CC1. The summed E-state index contributed by atoms with van der Waals surface area (Å²) in [6, 6.07) is 7.22. The van der Waals surface area contributed by atoms with Crippen LogP contribution in [0.1, 0.15) is 45.4 Å². The van der Waals surface area contributed by atoms with Gasteiger partial charge in [0, 0.05) is 24.2 Å². The summed E-state index contributed by atoms with van der Waals surface area (Å²) < 4.78 is 6.83. The molecule has 3 aromatic heterocycles. The highest BCUT2D eigenvalue weighted by Gasteiger charge is 2.34. The number of anilines is 1. The van der Waals surface area contributed by atoms with Crippen molar-refractivity contribution >= 4 is 34.6 Å². The van der Waals surface area contributed by atoms with Gasteiger partial charge in [-0.2, -0.15) is 4.98 Å². The standard InChI is InChI=1S/C28H33ClN8O3/c1-16-9-11-17(12-10-16)15-37-22-21(18-6-4-7-19(29)14-18)30-24(25-33-28(39)40-34-25)31-23(22)32-27(37)36(3)26(38)20-8-5-13-35(20)2/h4,6-7,14,16-17,20H,5,8-13,15H2,1-3H3,(H,33,34,39)/t16?,17?,20-/m0/s1. The Bertz CT molecular complexity index is 1600. The number of halogens is 1. The summed E-state index contributed by atoms with van der Waals surface area (Å²) in [4.78, 5) is 46.2. The molecule has 0 radical (unpaired) electrons. The molecule has 4 aromatic rings. The van der Waals surface area contributed by atoms with E-state index in [9.17, 15) is 9.59 Å². The van der Waals surface area contributed by atoms with Crippen molar-refractivity contribution in [1.29, 1.82) is 0 Å².